The Balaban J connectivity index is 1.92. The summed E-state index contributed by atoms with van der Waals surface area (Å²) in [7, 11) is 1.58. The van der Waals surface area contributed by atoms with E-state index in [1.807, 2.05) is 31.2 Å². The van der Waals surface area contributed by atoms with E-state index in [1.54, 1.807) is 43.5 Å². The Morgan fingerprint density at radius 2 is 1.74 bits per heavy atom. The molecule has 0 aromatic heterocycles. The summed E-state index contributed by atoms with van der Waals surface area (Å²) in [5.41, 5.74) is 2.27. The highest BCUT2D eigenvalue weighted by Crippen LogP contribution is 2.32. The van der Waals surface area contributed by atoms with E-state index in [2.05, 4.69) is 0 Å². The van der Waals surface area contributed by atoms with Gasteiger partial charge in [-0.05, 0) is 72.7 Å². The zero-order valence-electron chi connectivity index (χ0n) is 17.2. The summed E-state index contributed by atoms with van der Waals surface area (Å²) in [5, 5.41) is 0.567. The van der Waals surface area contributed by atoms with Gasteiger partial charge in [0, 0.05) is 16.3 Å². The SMILES string of the molecule is CCOc1ccc(/C=C(/SCc2ccc(F)cc2)C(=O)c2ccc(Cl)cc2)cc1OC. The number of hydrogen-bond acceptors (Lipinski definition) is 4. The smallest absolute Gasteiger partial charge is 0.199 e. The van der Waals surface area contributed by atoms with Crippen molar-refractivity contribution in [3.63, 3.8) is 0 Å². The number of thioether (sulfide) groups is 1. The van der Waals surface area contributed by atoms with E-state index in [0.29, 0.717) is 39.3 Å². The van der Waals surface area contributed by atoms with Crippen LogP contribution < -0.4 is 9.47 Å². The highest BCUT2D eigenvalue weighted by Gasteiger charge is 2.15. The Morgan fingerprint density at radius 1 is 1.03 bits per heavy atom. The minimum Gasteiger partial charge on any atom is -0.493 e. The number of methoxy groups -OCH3 is 1. The summed E-state index contributed by atoms with van der Waals surface area (Å²) in [5.74, 6) is 1.36. The van der Waals surface area contributed by atoms with E-state index in [4.69, 9.17) is 21.1 Å². The largest absolute Gasteiger partial charge is 0.493 e. The first-order chi connectivity index (χ1) is 15.0. The number of hydrogen-bond donors (Lipinski definition) is 0. The number of rotatable bonds is 9. The first-order valence-corrected chi connectivity index (χ1v) is 11.1. The molecule has 0 N–H and O–H groups in total. The molecule has 0 fully saturated rings. The van der Waals surface area contributed by atoms with Gasteiger partial charge in [0.05, 0.1) is 18.6 Å². The highest BCUT2D eigenvalue weighted by molar-refractivity contribution is 8.03. The Bertz CT molecular complexity index is 1060. The lowest BCUT2D eigenvalue weighted by Crippen LogP contribution is -2.01. The average molecular weight is 457 g/mol. The molecule has 0 aliphatic rings. The van der Waals surface area contributed by atoms with E-state index in [-0.39, 0.29) is 11.6 Å². The number of allylic oxidation sites excluding steroid dienone is 1. The summed E-state index contributed by atoms with van der Waals surface area (Å²) in [4.78, 5) is 13.8. The number of ketones is 1. The number of carbonyl (C=O) groups is 1. The van der Waals surface area contributed by atoms with Crippen molar-refractivity contribution in [3.8, 4) is 11.5 Å². The Hall–Kier alpha value is -2.76. The van der Waals surface area contributed by atoms with Crippen molar-refractivity contribution in [1.29, 1.82) is 0 Å². The second-order valence-electron chi connectivity index (χ2n) is 6.60. The lowest BCUT2D eigenvalue weighted by molar-refractivity contribution is 0.104. The first-order valence-electron chi connectivity index (χ1n) is 9.70. The van der Waals surface area contributed by atoms with Crippen molar-refractivity contribution in [2.24, 2.45) is 0 Å². The minimum atomic E-state index is -0.289. The Kier molecular flexibility index (Phi) is 8.15. The number of carbonyl (C=O) groups excluding carboxylic acids is 1. The molecule has 6 heteroatoms. The van der Waals surface area contributed by atoms with Crippen molar-refractivity contribution in [2.45, 2.75) is 12.7 Å². The predicted molar refractivity (Wildman–Crippen MR) is 126 cm³/mol. The fourth-order valence-electron chi connectivity index (χ4n) is 2.86. The van der Waals surface area contributed by atoms with Gasteiger partial charge in [0.1, 0.15) is 5.82 Å². The lowest BCUT2D eigenvalue weighted by Gasteiger charge is -2.11. The van der Waals surface area contributed by atoms with Crippen LogP contribution in [0.4, 0.5) is 4.39 Å². The van der Waals surface area contributed by atoms with Crippen LogP contribution in [0, 0.1) is 5.82 Å². The minimum absolute atomic E-state index is 0.114. The fourth-order valence-corrected chi connectivity index (χ4v) is 3.97. The number of ether oxygens (including phenoxy) is 2. The molecule has 0 bridgehead atoms. The van der Waals surface area contributed by atoms with Gasteiger partial charge in [-0.1, -0.05) is 29.8 Å². The molecule has 0 amide bonds. The molecule has 3 aromatic rings. The molecule has 160 valence electrons. The van der Waals surface area contributed by atoms with Gasteiger partial charge in [-0.3, -0.25) is 4.79 Å². The molecule has 0 saturated carbocycles. The highest BCUT2D eigenvalue weighted by atomic mass is 35.5. The van der Waals surface area contributed by atoms with Gasteiger partial charge < -0.3 is 9.47 Å². The second-order valence-corrected chi connectivity index (χ2v) is 8.06. The maximum absolute atomic E-state index is 13.2. The monoisotopic (exact) mass is 456 g/mol. The molecular formula is C25H22ClFO3S. The summed E-state index contributed by atoms with van der Waals surface area (Å²) < 4.78 is 24.2. The molecule has 0 atom stereocenters. The van der Waals surface area contributed by atoms with Crippen LogP contribution in [0.5, 0.6) is 11.5 Å². The molecule has 0 aliphatic heterocycles. The number of benzene rings is 3. The molecule has 31 heavy (non-hydrogen) atoms. The van der Waals surface area contributed by atoms with E-state index >= 15 is 0 Å². The van der Waals surface area contributed by atoms with E-state index in [1.165, 1.54) is 23.9 Å². The van der Waals surface area contributed by atoms with Crippen molar-refractivity contribution < 1.29 is 18.7 Å². The van der Waals surface area contributed by atoms with Crippen molar-refractivity contribution in [3.05, 3.63) is 99.2 Å². The predicted octanol–water partition coefficient (Wildman–Crippen LogP) is 7.04. The van der Waals surface area contributed by atoms with Gasteiger partial charge >= 0.3 is 0 Å². The fraction of sp³-hybridized carbons (Fsp3) is 0.160. The summed E-state index contributed by atoms with van der Waals surface area (Å²) in [6.07, 6.45) is 1.82. The maximum atomic E-state index is 13.2. The van der Waals surface area contributed by atoms with Crippen LogP contribution >= 0.6 is 23.4 Å². The normalized spacial score (nSPS) is 11.3. The maximum Gasteiger partial charge on any atom is 0.199 e. The van der Waals surface area contributed by atoms with Crippen molar-refractivity contribution >= 4 is 35.2 Å². The standard InChI is InChI=1S/C25H22ClFO3S/c1-3-30-22-13-6-18(14-23(22)29-2)15-24(25(28)19-7-9-20(26)10-8-19)31-16-17-4-11-21(27)12-5-17/h4-15H,3,16H2,1-2H3/b24-15+. The van der Waals surface area contributed by atoms with E-state index in [0.717, 1.165) is 11.1 Å². The van der Waals surface area contributed by atoms with Crippen LogP contribution in [-0.2, 0) is 5.75 Å². The molecule has 3 nitrogen and oxygen atoms in total. The molecule has 0 radical (unpaired) electrons. The van der Waals surface area contributed by atoms with Gasteiger partial charge in [0.2, 0.25) is 0 Å². The Labute approximate surface area is 190 Å². The van der Waals surface area contributed by atoms with Gasteiger partial charge in [-0.15, -0.1) is 11.8 Å². The zero-order valence-corrected chi connectivity index (χ0v) is 18.8. The van der Waals surface area contributed by atoms with Crippen LogP contribution in [-0.4, -0.2) is 19.5 Å². The molecule has 0 unspecified atom stereocenters. The molecule has 0 aliphatic carbocycles. The average Bonchev–Trinajstić information content (AvgIpc) is 2.78. The molecule has 3 rings (SSSR count). The molecule has 0 heterocycles. The molecule has 0 spiro atoms. The van der Waals surface area contributed by atoms with Crippen LogP contribution in [0.3, 0.4) is 0 Å². The van der Waals surface area contributed by atoms with Crippen LogP contribution in [0.25, 0.3) is 6.08 Å². The van der Waals surface area contributed by atoms with Gasteiger partial charge in [-0.2, -0.15) is 0 Å². The summed E-state index contributed by atoms with van der Waals surface area (Å²) in [6, 6.07) is 18.6. The Morgan fingerprint density at radius 3 is 2.39 bits per heavy atom. The first kappa shape index (κ1) is 22.9. The second kappa shape index (κ2) is 11.0. The van der Waals surface area contributed by atoms with E-state index < -0.39 is 0 Å². The quantitative estimate of drug-likeness (QED) is 0.255. The summed E-state index contributed by atoms with van der Waals surface area (Å²) in [6.45, 7) is 2.43. The van der Waals surface area contributed by atoms with Crippen LogP contribution in [0.2, 0.25) is 5.02 Å². The van der Waals surface area contributed by atoms with Gasteiger partial charge in [0.25, 0.3) is 0 Å². The molecule has 3 aromatic carbocycles. The molecule has 0 saturated heterocycles. The van der Waals surface area contributed by atoms with Gasteiger partial charge in [-0.25, -0.2) is 4.39 Å². The van der Waals surface area contributed by atoms with Crippen molar-refractivity contribution in [1.82, 2.24) is 0 Å². The lowest BCUT2D eigenvalue weighted by atomic mass is 10.1. The topological polar surface area (TPSA) is 35.5 Å². The van der Waals surface area contributed by atoms with Crippen LogP contribution in [0.1, 0.15) is 28.4 Å². The number of Topliss-reactive ketones (excluding diaryl/α,β-unsaturated/α-hetero) is 1. The summed E-state index contributed by atoms with van der Waals surface area (Å²) >= 11 is 7.36. The molecular weight excluding hydrogens is 435 g/mol. The van der Waals surface area contributed by atoms with Gasteiger partial charge in [0.15, 0.2) is 17.3 Å². The third kappa shape index (κ3) is 6.36. The van der Waals surface area contributed by atoms with Crippen LogP contribution in [0.15, 0.2) is 71.6 Å². The third-order valence-corrected chi connectivity index (χ3v) is 5.77. The van der Waals surface area contributed by atoms with Crippen molar-refractivity contribution in [2.75, 3.05) is 13.7 Å². The number of halogens is 2. The van der Waals surface area contributed by atoms with E-state index in [9.17, 15) is 9.18 Å². The third-order valence-electron chi connectivity index (χ3n) is 4.42. The zero-order chi connectivity index (χ0) is 22.2.